The average molecular weight is 297 g/mol. The summed E-state index contributed by atoms with van der Waals surface area (Å²) in [7, 11) is 0. The zero-order valence-electron chi connectivity index (χ0n) is 14.0. The van der Waals surface area contributed by atoms with Gasteiger partial charge in [-0.25, -0.2) is 0 Å². The number of carbonyl (C=O) groups is 1. The van der Waals surface area contributed by atoms with Crippen molar-refractivity contribution in [1.29, 1.82) is 0 Å². The van der Waals surface area contributed by atoms with Crippen LogP contribution in [0.5, 0.6) is 0 Å². The molecule has 2 heteroatoms. The monoisotopic (exact) mass is 297 g/mol. The molecule has 0 saturated carbocycles. The molecule has 1 heterocycles. The number of rotatable bonds is 7. The van der Waals surface area contributed by atoms with Gasteiger partial charge in [0.2, 0.25) is 0 Å². The zero-order chi connectivity index (χ0) is 16.0. The second-order valence-electron chi connectivity index (χ2n) is 6.39. The van der Waals surface area contributed by atoms with Crippen molar-refractivity contribution in [2.24, 2.45) is 0 Å². The summed E-state index contributed by atoms with van der Waals surface area (Å²) >= 11 is 0. The summed E-state index contributed by atoms with van der Waals surface area (Å²) in [6, 6.07) is 8.71. The first-order valence-corrected chi connectivity index (χ1v) is 8.27. The van der Waals surface area contributed by atoms with E-state index in [-0.39, 0.29) is 5.41 Å². The van der Waals surface area contributed by atoms with Crippen LogP contribution >= 0.6 is 0 Å². The molecular formula is C20H27NO. The highest BCUT2D eigenvalue weighted by molar-refractivity contribution is 5.70. The van der Waals surface area contributed by atoms with E-state index in [9.17, 15) is 4.79 Å². The van der Waals surface area contributed by atoms with Crippen molar-refractivity contribution >= 4 is 12.0 Å². The molecule has 0 aromatic heterocycles. The normalized spacial score (nSPS) is 18.1. The van der Waals surface area contributed by atoms with E-state index in [1.54, 1.807) is 0 Å². The maximum Gasteiger partial charge on any atom is 0.119 e. The van der Waals surface area contributed by atoms with Crippen molar-refractivity contribution in [2.75, 3.05) is 11.4 Å². The van der Waals surface area contributed by atoms with E-state index in [0.717, 1.165) is 32.1 Å². The number of anilines is 1. The third-order valence-electron chi connectivity index (χ3n) is 4.45. The fraction of sp³-hybridized carbons (Fsp3) is 0.450. The highest BCUT2D eigenvalue weighted by Crippen LogP contribution is 2.47. The Morgan fingerprint density at radius 2 is 1.91 bits per heavy atom. The molecule has 0 unspecified atom stereocenters. The van der Waals surface area contributed by atoms with E-state index in [2.05, 4.69) is 68.2 Å². The van der Waals surface area contributed by atoms with Crippen molar-refractivity contribution in [3.8, 4) is 0 Å². The first-order valence-electron chi connectivity index (χ1n) is 8.27. The number of carbonyl (C=O) groups excluding carboxylic acids is 1. The number of hydrogen-bond donors (Lipinski definition) is 0. The number of hydrogen-bond acceptors (Lipinski definition) is 2. The van der Waals surface area contributed by atoms with Crippen molar-refractivity contribution < 1.29 is 4.79 Å². The maximum atomic E-state index is 10.4. The van der Waals surface area contributed by atoms with Gasteiger partial charge in [0.15, 0.2) is 0 Å². The number of para-hydroxylation sites is 1. The van der Waals surface area contributed by atoms with Crippen LogP contribution in [0.3, 0.4) is 0 Å². The van der Waals surface area contributed by atoms with Gasteiger partial charge in [0, 0.05) is 29.8 Å². The van der Waals surface area contributed by atoms with E-state index >= 15 is 0 Å². The maximum absolute atomic E-state index is 10.4. The summed E-state index contributed by atoms with van der Waals surface area (Å²) in [6.45, 7) is 7.67. The van der Waals surface area contributed by atoms with E-state index in [1.165, 1.54) is 16.9 Å². The molecule has 2 nitrogen and oxygen atoms in total. The molecule has 0 atom stereocenters. The highest BCUT2D eigenvalue weighted by atomic mass is 16.1. The number of benzene rings is 1. The average Bonchev–Trinajstić information content (AvgIpc) is 2.73. The van der Waals surface area contributed by atoms with Gasteiger partial charge in [0.25, 0.3) is 0 Å². The van der Waals surface area contributed by atoms with Gasteiger partial charge in [-0.3, -0.25) is 0 Å². The lowest BCUT2D eigenvalue weighted by molar-refractivity contribution is -0.107. The van der Waals surface area contributed by atoms with E-state index in [0.29, 0.717) is 6.42 Å². The van der Waals surface area contributed by atoms with Crippen LogP contribution in [-0.4, -0.2) is 12.8 Å². The zero-order valence-corrected chi connectivity index (χ0v) is 14.0. The van der Waals surface area contributed by atoms with Crippen molar-refractivity contribution in [3.63, 3.8) is 0 Å². The highest BCUT2D eigenvalue weighted by Gasteiger charge is 2.39. The third kappa shape index (κ3) is 3.32. The Hall–Kier alpha value is -1.83. The SMILES string of the molecule is C/C=C/C=C1/N(CCCCCC=O)c2ccccc2C1(C)C. The van der Waals surface area contributed by atoms with E-state index < -0.39 is 0 Å². The van der Waals surface area contributed by atoms with Gasteiger partial charge in [-0.15, -0.1) is 0 Å². The Kier molecular flexibility index (Phi) is 5.59. The van der Waals surface area contributed by atoms with Gasteiger partial charge in [-0.1, -0.05) is 50.6 Å². The number of fused-ring (bicyclic) bond motifs is 1. The summed E-state index contributed by atoms with van der Waals surface area (Å²) in [4.78, 5) is 12.9. The Morgan fingerprint density at radius 1 is 1.14 bits per heavy atom. The first kappa shape index (κ1) is 16.5. The number of aldehydes is 1. The van der Waals surface area contributed by atoms with Crippen LogP contribution in [0.4, 0.5) is 5.69 Å². The van der Waals surface area contributed by atoms with Crippen LogP contribution in [0.2, 0.25) is 0 Å². The molecule has 0 aliphatic carbocycles. The molecule has 0 bridgehead atoms. The molecule has 0 amide bonds. The van der Waals surface area contributed by atoms with Gasteiger partial charge in [-0.05, 0) is 37.5 Å². The number of allylic oxidation sites excluding steroid dienone is 4. The van der Waals surface area contributed by atoms with Crippen LogP contribution < -0.4 is 4.90 Å². The number of nitrogens with zero attached hydrogens (tertiary/aromatic N) is 1. The molecule has 0 radical (unpaired) electrons. The molecular weight excluding hydrogens is 270 g/mol. The molecule has 0 fully saturated rings. The Balaban J connectivity index is 2.22. The van der Waals surface area contributed by atoms with Crippen LogP contribution in [0.1, 0.15) is 52.0 Å². The Morgan fingerprint density at radius 3 is 2.64 bits per heavy atom. The lowest BCUT2D eigenvalue weighted by Crippen LogP contribution is -2.27. The van der Waals surface area contributed by atoms with Gasteiger partial charge < -0.3 is 9.69 Å². The minimum absolute atomic E-state index is 0.0406. The Labute approximate surface area is 134 Å². The summed E-state index contributed by atoms with van der Waals surface area (Å²) in [5, 5.41) is 0. The predicted octanol–water partition coefficient (Wildman–Crippen LogP) is 5.00. The Bertz CT molecular complexity index is 569. The van der Waals surface area contributed by atoms with Crippen molar-refractivity contribution in [2.45, 2.75) is 51.9 Å². The van der Waals surface area contributed by atoms with Crippen molar-refractivity contribution in [3.05, 3.63) is 53.8 Å². The largest absolute Gasteiger partial charge is 0.344 e. The van der Waals surface area contributed by atoms with Crippen LogP contribution in [0.15, 0.2) is 48.2 Å². The van der Waals surface area contributed by atoms with Gasteiger partial charge in [-0.2, -0.15) is 0 Å². The smallest absolute Gasteiger partial charge is 0.119 e. The molecule has 1 aromatic carbocycles. The fourth-order valence-electron chi connectivity index (χ4n) is 3.24. The van der Waals surface area contributed by atoms with E-state index in [4.69, 9.17) is 0 Å². The molecule has 118 valence electrons. The lowest BCUT2D eigenvalue weighted by atomic mass is 9.84. The molecule has 2 rings (SSSR count). The third-order valence-corrected chi connectivity index (χ3v) is 4.45. The quantitative estimate of drug-likeness (QED) is 0.521. The van der Waals surface area contributed by atoms with E-state index in [1.807, 2.05) is 0 Å². The fourth-order valence-corrected chi connectivity index (χ4v) is 3.24. The van der Waals surface area contributed by atoms with Crippen LogP contribution in [0.25, 0.3) is 0 Å². The summed E-state index contributed by atoms with van der Waals surface area (Å²) in [5.74, 6) is 0. The molecule has 1 aliphatic rings. The molecule has 0 N–H and O–H groups in total. The summed E-state index contributed by atoms with van der Waals surface area (Å²) in [6.07, 6.45) is 11.4. The molecule has 1 aromatic rings. The van der Waals surface area contributed by atoms with Crippen LogP contribution in [-0.2, 0) is 10.2 Å². The standard InChI is InChI=1S/C20H27NO/c1-4-5-14-19-20(2,3)17-12-8-9-13-18(17)21(19)15-10-6-7-11-16-22/h4-5,8-9,12-14,16H,6-7,10-11,15H2,1-3H3/b5-4+,19-14+. The van der Waals surface area contributed by atoms with Gasteiger partial charge >= 0.3 is 0 Å². The predicted molar refractivity (Wildman–Crippen MR) is 94.2 cm³/mol. The molecule has 0 saturated heterocycles. The van der Waals surface area contributed by atoms with Crippen LogP contribution in [0, 0.1) is 0 Å². The minimum Gasteiger partial charge on any atom is -0.344 e. The second-order valence-corrected chi connectivity index (χ2v) is 6.39. The second kappa shape index (κ2) is 7.44. The first-order chi connectivity index (χ1) is 10.6. The van der Waals surface area contributed by atoms with Gasteiger partial charge in [0.1, 0.15) is 6.29 Å². The van der Waals surface area contributed by atoms with Crippen molar-refractivity contribution in [1.82, 2.24) is 0 Å². The minimum atomic E-state index is 0.0406. The number of unbranched alkanes of at least 4 members (excludes halogenated alkanes) is 3. The summed E-state index contributed by atoms with van der Waals surface area (Å²) < 4.78 is 0. The summed E-state index contributed by atoms with van der Waals surface area (Å²) in [5.41, 5.74) is 4.14. The molecule has 0 spiro atoms. The topological polar surface area (TPSA) is 20.3 Å². The van der Waals surface area contributed by atoms with Gasteiger partial charge in [0.05, 0.1) is 0 Å². The molecule has 1 aliphatic heterocycles. The lowest BCUT2D eigenvalue weighted by Gasteiger charge is -2.27. The molecule has 22 heavy (non-hydrogen) atoms.